The number of hydrogen-bond acceptors (Lipinski definition) is 3. The average molecular weight is 533 g/mol. The third-order valence-electron chi connectivity index (χ3n) is 7.59. The lowest BCUT2D eigenvalue weighted by Gasteiger charge is -2.14. The molecule has 4 heteroatoms. The summed E-state index contributed by atoms with van der Waals surface area (Å²) in [4.78, 5) is 0. The lowest BCUT2D eigenvalue weighted by Crippen LogP contribution is -1.97. The van der Waals surface area contributed by atoms with Crippen LogP contribution in [-0.4, -0.2) is 23.8 Å². The van der Waals surface area contributed by atoms with Gasteiger partial charge in [0.05, 0.1) is 25.4 Å². The van der Waals surface area contributed by atoms with E-state index in [1.165, 1.54) is 5.56 Å². The molecule has 0 amide bonds. The van der Waals surface area contributed by atoms with Crippen LogP contribution in [-0.2, 0) is 0 Å². The van der Waals surface area contributed by atoms with Crippen molar-refractivity contribution in [2.75, 3.05) is 14.2 Å². The van der Waals surface area contributed by atoms with Crippen LogP contribution in [0.2, 0.25) is 0 Å². The predicted octanol–water partition coefficient (Wildman–Crippen LogP) is 9.17. The van der Waals surface area contributed by atoms with E-state index in [-0.39, 0.29) is 0 Å². The molecule has 7 aromatic rings. The van der Waals surface area contributed by atoms with Crippen LogP contribution in [0, 0.1) is 0 Å². The molecular weight excluding hydrogens is 504 g/mol. The molecule has 0 bridgehead atoms. The highest BCUT2D eigenvalue weighted by Gasteiger charge is 2.23. The van der Waals surface area contributed by atoms with Crippen LogP contribution in [0.1, 0.15) is 0 Å². The zero-order valence-electron chi connectivity index (χ0n) is 22.9. The molecule has 0 radical (unpaired) electrons. The molecule has 198 valence electrons. The van der Waals surface area contributed by atoms with Crippen molar-refractivity contribution in [3.05, 3.63) is 133 Å². The standard InChI is InChI=1S/C37H28N2O2/c1-40-33-23-30-22-32(26-15-8-4-9-16-26)39-37(31(30)24-34(33)41-2)35(36(38-39)27-17-10-5-11-18-27)29-20-12-19-28(21-29)25-13-6-3-7-14-25/h3-24H,1-2H3. The third kappa shape index (κ3) is 4.30. The maximum atomic E-state index is 5.77. The molecule has 0 spiro atoms. The maximum Gasteiger partial charge on any atom is 0.161 e. The van der Waals surface area contributed by atoms with Crippen LogP contribution < -0.4 is 9.47 Å². The largest absolute Gasteiger partial charge is 0.493 e. The van der Waals surface area contributed by atoms with Crippen molar-refractivity contribution in [3.63, 3.8) is 0 Å². The second-order valence-corrected chi connectivity index (χ2v) is 9.99. The summed E-state index contributed by atoms with van der Waals surface area (Å²) < 4.78 is 13.6. The van der Waals surface area contributed by atoms with Crippen LogP contribution in [0.5, 0.6) is 11.5 Å². The van der Waals surface area contributed by atoms with Gasteiger partial charge in [-0.15, -0.1) is 0 Å². The number of fused-ring (bicyclic) bond motifs is 3. The molecular formula is C37H28N2O2. The average Bonchev–Trinajstić information content (AvgIpc) is 3.46. The Kier molecular flexibility index (Phi) is 6.21. The summed E-state index contributed by atoms with van der Waals surface area (Å²) in [6.45, 7) is 0. The van der Waals surface area contributed by atoms with E-state index in [9.17, 15) is 0 Å². The second-order valence-electron chi connectivity index (χ2n) is 9.99. The predicted molar refractivity (Wildman–Crippen MR) is 168 cm³/mol. The lowest BCUT2D eigenvalue weighted by molar-refractivity contribution is 0.356. The number of benzene rings is 5. The number of aromatic nitrogens is 2. The summed E-state index contributed by atoms with van der Waals surface area (Å²) in [5.41, 5.74) is 9.59. The van der Waals surface area contributed by atoms with Gasteiger partial charge in [0, 0.05) is 22.1 Å². The van der Waals surface area contributed by atoms with E-state index in [4.69, 9.17) is 14.6 Å². The molecule has 0 unspecified atom stereocenters. The highest BCUT2D eigenvalue weighted by molar-refractivity contribution is 6.09. The quantitative estimate of drug-likeness (QED) is 0.214. The minimum Gasteiger partial charge on any atom is -0.493 e. The van der Waals surface area contributed by atoms with Gasteiger partial charge in [0.1, 0.15) is 5.69 Å². The monoisotopic (exact) mass is 532 g/mol. The first-order chi connectivity index (χ1) is 20.2. The minimum absolute atomic E-state index is 0.681. The molecule has 4 nitrogen and oxygen atoms in total. The molecule has 0 saturated heterocycles. The minimum atomic E-state index is 0.681. The first-order valence-corrected chi connectivity index (χ1v) is 13.6. The molecule has 0 aliphatic heterocycles. The van der Waals surface area contributed by atoms with Crippen molar-refractivity contribution in [1.82, 2.24) is 9.61 Å². The van der Waals surface area contributed by atoms with Crippen molar-refractivity contribution in [3.8, 4) is 56.3 Å². The highest BCUT2D eigenvalue weighted by atomic mass is 16.5. The topological polar surface area (TPSA) is 35.8 Å². The number of rotatable bonds is 6. The van der Waals surface area contributed by atoms with E-state index in [1.807, 2.05) is 18.2 Å². The summed E-state index contributed by atoms with van der Waals surface area (Å²) >= 11 is 0. The van der Waals surface area contributed by atoms with Gasteiger partial charge in [-0.2, -0.15) is 5.10 Å². The second kappa shape index (κ2) is 10.3. The Morgan fingerprint density at radius 1 is 0.512 bits per heavy atom. The Balaban J connectivity index is 1.64. The zero-order chi connectivity index (χ0) is 27.8. The van der Waals surface area contributed by atoms with Crippen LogP contribution >= 0.6 is 0 Å². The summed E-state index contributed by atoms with van der Waals surface area (Å²) in [5.74, 6) is 1.37. The Bertz CT molecular complexity index is 2000. The van der Waals surface area contributed by atoms with Gasteiger partial charge in [0.25, 0.3) is 0 Å². The Labute approximate surface area is 239 Å². The molecule has 41 heavy (non-hydrogen) atoms. The van der Waals surface area contributed by atoms with Gasteiger partial charge in [-0.05, 0) is 46.3 Å². The molecule has 0 aliphatic rings. The van der Waals surface area contributed by atoms with Gasteiger partial charge in [-0.25, -0.2) is 4.52 Å². The fourth-order valence-electron chi connectivity index (χ4n) is 5.64. The van der Waals surface area contributed by atoms with Gasteiger partial charge in [-0.1, -0.05) is 109 Å². The van der Waals surface area contributed by atoms with Crippen molar-refractivity contribution >= 4 is 16.3 Å². The van der Waals surface area contributed by atoms with Crippen molar-refractivity contribution in [2.24, 2.45) is 0 Å². The maximum absolute atomic E-state index is 5.77. The van der Waals surface area contributed by atoms with E-state index in [2.05, 4.69) is 120 Å². The summed E-state index contributed by atoms with van der Waals surface area (Å²) in [6.07, 6.45) is 0. The SMILES string of the molecule is COc1cc2cc(-c3ccccc3)n3nc(-c4ccccc4)c(-c4cccc(-c5ccccc5)c4)c3c2cc1OC. The van der Waals surface area contributed by atoms with Gasteiger partial charge in [0.15, 0.2) is 11.5 Å². The number of methoxy groups -OCH3 is 2. The number of ether oxygens (including phenoxy) is 2. The zero-order valence-corrected chi connectivity index (χ0v) is 22.9. The number of nitrogens with zero attached hydrogens (tertiary/aromatic N) is 2. The molecule has 0 aliphatic carbocycles. The third-order valence-corrected chi connectivity index (χ3v) is 7.59. The molecule has 5 aromatic carbocycles. The normalized spacial score (nSPS) is 11.2. The number of hydrogen-bond donors (Lipinski definition) is 0. The fraction of sp³-hybridized carbons (Fsp3) is 0.0541. The first kappa shape index (κ1) is 24.7. The molecule has 0 atom stereocenters. The van der Waals surface area contributed by atoms with E-state index in [0.717, 1.165) is 55.5 Å². The Morgan fingerprint density at radius 3 is 1.73 bits per heavy atom. The van der Waals surface area contributed by atoms with Crippen molar-refractivity contribution in [1.29, 1.82) is 0 Å². The molecule has 0 fully saturated rings. The van der Waals surface area contributed by atoms with E-state index >= 15 is 0 Å². The first-order valence-electron chi connectivity index (χ1n) is 13.6. The Hall–Kier alpha value is -5.35. The molecule has 2 heterocycles. The van der Waals surface area contributed by atoms with Gasteiger partial charge in [0.2, 0.25) is 0 Å². The number of pyridine rings is 1. The van der Waals surface area contributed by atoms with Gasteiger partial charge >= 0.3 is 0 Å². The van der Waals surface area contributed by atoms with Crippen molar-refractivity contribution in [2.45, 2.75) is 0 Å². The molecule has 2 aromatic heterocycles. The molecule has 7 rings (SSSR count). The van der Waals surface area contributed by atoms with Crippen LogP contribution in [0.15, 0.2) is 133 Å². The van der Waals surface area contributed by atoms with Crippen LogP contribution in [0.4, 0.5) is 0 Å². The molecule has 0 N–H and O–H groups in total. The van der Waals surface area contributed by atoms with Gasteiger partial charge in [-0.3, -0.25) is 0 Å². The van der Waals surface area contributed by atoms with Crippen LogP contribution in [0.3, 0.4) is 0 Å². The Morgan fingerprint density at radius 2 is 1.07 bits per heavy atom. The van der Waals surface area contributed by atoms with Crippen molar-refractivity contribution < 1.29 is 9.47 Å². The van der Waals surface area contributed by atoms with Gasteiger partial charge < -0.3 is 9.47 Å². The molecule has 0 saturated carbocycles. The summed E-state index contributed by atoms with van der Waals surface area (Å²) in [7, 11) is 3.35. The summed E-state index contributed by atoms with van der Waals surface area (Å²) in [6, 6.07) is 46.4. The van der Waals surface area contributed by atoms with E-state index in [1.54, 1.807) is 14.2 Å². The highest BCUT2D eigenvalue weighted by Crippen LogP contribution is 2.44. The van der Waals surface area contributed by atoms with E-state index < -0.39 is 0 Å². The summed E-state index contributed by atoms with van der Waals surface area (Å²) in [5, 5.41) is 7.42. The van der Waals surface area contributed by atoms with E-state index in [0.29, 0.717) is 11.5 Å². The fourth-order valence-corrected chi connectivity index (χ4v) is 5.64. The lowest BCUT2D eigenvalue weighted by atomic mass is 9.94. The van der Waals surface area contributed by atoms with Crippen LogP contribution in [0.25, 0.3) is 61.1 Å². The smallest absolute Gasteiger partial charge is 0.161 e.